The summed E-state index contributed by atoms with van der Waals surface area (Å²) in [6.07, 6.45) is -4.50. The molecule has 7 heteroatoms. The van der Waals surface area contributed by atoms with Crippen LogP contribution in [0.5, 0.6) is 0 Å². The number of anilines is 2. The molecule has 0 aromatic heterocycles. The predicted octanol–water partition coefficient (Wildman–Crippen LogP) is 6.81. The SMILES string of the molecule is Cc1ccc(NC(=O)Nc2cc(C(F)(F)F)ccc2Sc2ccccc2)cc1. The van der Waals surface area contributed by atoms with Gasteiger partial charge >= 0.3 is 12.2 Å². The number of hydrogen-bond acceptors (Lipinski definition) is 2. The molecule has 3 aromatic carbocycles. The summed E-state index contributed by atoms with van der Waals surface area (Å²) in [6.45, 7) is 1.92. The average molecular weight is 402 g/mol. The van der Waals surface area contributed by atoms with Crippen LogP contribution in [0.15, 0.2) is 82.6 Å². The lowest BCUT2D eigenvalue weighted by Gasteiger charge is -2.15. The van der Waals surface area contributed by atoms with Crippen molar-refractivity contribution in [2.75, 3.05) is 10.6 Å². The largest absolute Gasteiger partial charge is 0.416 e. The predicted molar refractivity (Wildman–Crippen MR) is 106 cm³/mol. The molecule has 3 rings (SSSR count). The van der Waals surface area contributed by atoms with E-state index < -0.39 is 17.8 Å². The van der Waals surface area contributed by atoms with Crippen LogP contribution < -0.4 is 10.6 Å². The fourth-order valence-corrected chi connectivity index (χ4v) is 3.33. The minimum atomic E-state index is -4.50. The summed E-state index contributed by atoms with van der Waals surface area (Å²) in [6, 6.07) is 19.0. The Kier molecular flexibility index (Phi) is 5.94. The zero-order valence-electron chi connectivity index (χ0n) is 14.9. The highest BCUT2D eigenvalue weighted by Crippen LogP contribution is 2.38. The number of benzene rings is 3. The first kappa shape index (κ1) is 19.8. The van der Waals surface area contributed by atoms with E-state index in [4.69, 9.17) is 0 Å². The Hall–Kier alpha value is -2.93. The van der Waals surface area contributed by atoms with Crippen LogP contribution in [-0.4, -0.2) is 6.03 Å². The standard InChI is InChI=1S/C21H17F3N2OS/c1-14-7-10-16(11-8-14)25-20(27)26-18-13-15(21(22,23)24)9-12-19(18)28-17-5-3-2-4-6-17/h2-13H,1H3,(H2,25,26,27). The maximum absolute atomic E-state index is 13.1. The van der Waals surface area contributed by atoms with Crippen LogP contribution in [-0.2, 0) is 6.18 Å². The number of carbonyl (C=O) groups is 1. The van der Waals surface area contributed by atoms with E-state index in [9.17, 15) is 18.0 Å². The second-order valence-corrected chi connectivity index (χ2v) is 7.18. The summed E-state index contributed by atoms with van der Waals surface area (Å²) in [5, 5.41) is 5.16. The average Bonchev–Trinajstić information content (AvgIpc) is 2.65. The Labute approximate surface area is 165 Å². The van der Waals surface area contributed by atoms with E-state index in [1.807, 2.05) is 49.4 Å². The highest BCUT2D eigenvalue weighted by Gasteiger charge is 2.31. The van der Waals surface area contributed by atoms with Crippen molar-refractivity contribution >= 4 is 29.2 Å². The highest BCUT2D eigenvalue weighted by molar-refractivity contribution is 7.99. The van der Waals surface area contributed by atoms with Crippen LogP contribution in [0.2, 0.25) is 0 Å². The molecule has 0 aliphatic carbocycles. The van der Waals surface area contributed by atoms with E-state index in [-0.39, 0.29) is 5.69 Å². The van der Waals surface area contributed by atoms with E-state index >= 15 is 0 Å². The van der Waals surface area contributed by atoms with Gasteiger partial charge in [-0.15, -0.1) is 0 Å². The minimum Gasteiger partial charge on any atom is -0.308 e. The fourth-order valence-electron chi connectivity index (χ4n) is 2.43. The summed E-state index contributed by atoms with van der Waals surface area (Å²) < 4.78 is 39.3. The van der Waals surface area contributed by atoms with Gasteiger partial charge < -0.3 is 10.6 Å². The number of rotatable bonds is 4. The lowest BCUT2D eigenvalue weighted by Crippen LogP contribution is -2.20. The first-order chi connectivity index (χ1) is 13.3. The Balaban J connectivity index is 1.85. The van der Waals surface area contributed by atoms with Crippen LogP contribution in [0, 0.1) is 6.92 Å². The second kappa shape index (κ2) is 8.39. The molecule has 0 aliphatic rings. The summed E-state index contributed by atoms with van der Waals surface area (Å²) in [4.78, 5) is 13.7. The molecule has 0 fully saturated rings. The molecule has 0 saturated heterocycles. The van der Waals surface area contributed by atoms with Crippen molar-refractivity contribution in [1.82, 2.24) is 0 Å². The van der Waals surface area contributed by atoms with Gasteiger partial charge in [0.15, 0.2) is 0 Å². The first-order valence-corrected chi connectivity index (χ1v) is 9.22. The second-order valence-electron chi connectivity index (χ2n) is 6.07. The monoisotopic (exact) mass is 402 g/mol. The van der Waals surface area contributed by atoms with E-state index in [0.29, 0.717) is 10.6 Å². The molecule has 0 radical (unpaired) electrons. The van der Waals surface area contributed by atoms with Crippen LogP contribution in [0.3, 0.4) is 0 Å². The molecule has 0 atom stereocenters. The van der Waals surface area contributed by atoms with Gasteiger partial charge in [0.1, 0.15) is 0 Å². The quantitative estimate of drug-likeness (QED) is 0.503. The van der Waals surface area contributed by atoms with Crippen molar-refractivity contribution in [2.24, 2.45) is 0 Å². The normalized spacial score (nSPS) is 11.1. The number of halogens is 3. The molecule has 0 spiro atoms. The van der Waals surface area contributed by atoms with Gasteiger partial charge in [-0.3, -0.25) is 0 Å². The van der Waals surface area contributed by atoms with E-state index in [1.165, 1.54) is 17.8 Å². The lowest BCUT2D eigenvalue weighted by molar-refractivity contribution is -0.137. The molecule has 28 heavy (non-hydrogen) atoms. The van der Waals surface area contributed by atoms with Gasteiger partial charge in [0.25, 0.3) is 0 Å². The third kappa shape index (κ3) is 5.29. The molecule has 144 valence electrons. The van der Waals surface area contributed by atoms with Gasteiger partial charge in [0.2, 0.25) is 0 Å². The number of carbonyl (C=O) groups excluding carboxylic acids is 1. The number of aryl methyl sites for hydroxylation is 1. The maximum Gasteiger partial charge on any atom is 0.416 e. The fraction of sp³-hybridized carbons (Fsp3) is 0.0952. The molecular formula is C21H17F3N2OS. The van der Waals surface area contributed by atoms with Crippen LogP contribution in [0.1, 0.15) is 11.1 Å². The van der Waals surface area contributed by atoms with Crippen molar-refractivity contribution < 1.29 is 18.0 Å². The van der Waals surface area contributed by atoms with Gasteiger partial charge in [0, 0.05) is 15.5 Å². The molecule has 3 nitrogen and oxygen atoms in total. The van der Waals surface area contributed by atoms with E-state index in [2.05, 4.69) is 10.6 Å². The number of amides is 2. The van der Waals surface area contributed by atoms with Gasteiger partial charge in [-0.25, -0.2) is 4.79 Å². The third-order valence-electron chi connectivity index (χ3n) is 3.84. The first-order valence-electron chi connectivity index (χ1n) is 8.40. The molecule has 0 saturated carbocycles. The van der Waals surface area contributed by atoms with Gasteiger partial charge in [-0.05, 0) is 49.4 Å². The smallest absolute Gasteiger partial charge is 0.308 e. The van der Waals surface area contributed by atoms with Crippen molar-refractivity contribution in [3.63, 3.8) is 0 Å². The zero-order valence-corrected chi connectivity index (χ0v) is 15.7. The molecule has 2 amide bonds. The third-order valence-corrected chi connectivity index (χ3v) is 4.92. The van der Waals surface area contributed by atoms with Crippen molar-refractivity contribution in [2.45, 2.75) is 22.9 Å². The van der Waals surface area contributed by atoms with E-state index in [0.717, 1.165) is 22.6 Å². The number of urea groups is 1. The summed E-state index contributed by atoms with van der Waals surface area (Å²) in [5.41, 5.74) is 0.849. The molecular weight excluding hydrogens is 385 g/mol. The molecule has 0 bridgehead atoms. The molecule has 3 aromatic rings. The summed E-state index contributed by atoms with van der Waals surface area (Å²) in [7, 11) is 0. The maximum atomic E-state index is 13.1. The van der Waals surface area contributed by atoms with Crippen LogP contribution >= 0.6 is 11.8 Å². The van der Waals surface area contributed by atoms with E-state index in [1.54, 1.807) is 12.1 Å². The summed E-state index contributed by atoms with van der Waals surface area (Å²) >= 11 is 1.27. The number of nitrogens with one attached hydrogen (secondary N) is 2. The molecule has 2 N–H and O–H groups in total. The van der Waals surface area contributed by atoms with Gasteiger partial charge in [-0.1, -0.05) is 47.7 Å². The number of hydrogen-bond donors (Lipinski definition) is 2. The Bertz CT molecular complexity index is 958. The Morgan fingerprint density at radius 3 is 2.21 bits per heavy atom. The van der Waals surface area contributed by atoms with Gasteiger partial charge in [-0.2, -0.15) is 13.2 Å². The lowest BCUT2D eigenvalue weighted by atomic mass is 10.2. The van der Waals surface area contributed by atoms with Crippen molar-refractivity contribution in [3.8, 4) is 0 Å². The molecule has 0 unspecified atom stereocenters. The van der Waals surface area contributed by atoms with Crippen molar-refractivity contribution in [3.05, 3.63) is 83.9 Å². The van der Waals surface area contributed by atoms with Crippen LogP contribution in [0.25, 0.3) is 0 Å². The zero-order chi connectivity index (χ0) is 20.1. The van der Waals surface area contributed by atoms with Gasteiger partial charge in [0.05, 0.1) is 11.3 Å². The number of alkyl halides is 3. The van der Waals surface area contributed by atoms with Crippen molar-refractivity contribution in [1.29, 1.82) is 0 Å². The summed E-state index contributed by atoms with van der Waals surface area (Å²) in [5.74, 6) is 0. The molecule has 0 heterocycles. The molecule has 0 aliphatic heterocycles. The minimum absolute atomic E-state index is 0.0910. The topological polar surface area (TPSA) is 41.1 Å². The highest BCUT2D eigenvalue weighted by atomic mass is 32.2. The Morgan fingerprint density at radius 2 is 1.57 bits per heavy atom. The Morgan fingerprint density at radius 1 is 0.893 bits per heavy atom. The van der Waals surface area contributed by atoms with Crippen LogP contribution in [0.4, 0.5) is 29.3 Å².